The Bertz CT molecular complexity index is 1250. The third-order valence-corrected chi connectivity index (χ3v) is 6.93. The van der Waals surface area contributed by atoms with Gasteiger partial charge in [0.05, 0.1) is 16.8 Å². The average Bonchev–Trinajstić information content (AvgIpc) is 3.35. The van der Waals surface area contributed by atoms with Crippen LogP contribution in [0.5, 0.6) is 11.5 Å². The van der Waals surface area contributed by atoms with Crippen molar-refractivity contribution in [2.24, 2.45) is 0 Å². The minimum absolute atomic E-state index is 0.489. The van der Waals surface area contributed by atoms with Gasteiger partial charge in [0.25, 0.3) is 0 Å². The molecule has 0 aliphatic carbocycles. The van der Waals surface area contributed by atoms with E-state index in [1.807, 2.05) is 43.3 Å². The molecule has 0 aliphatic heterocycles. The topological polar surface area (TPSA) is 74.1 Å². The summed E-state index contributed by atoms with van der Waals surface area (Å²) in [6.45, 7) is 6.75. The lowest BCUT2D eigenvalue weighted by Crippen LogP contribution is -2.15. The molecule has 9 heteroatoms. The number of rotatable bonds is 13. The van der Waals surface area contributed by atoms with Crippen molar-refractivity contribution in [3.8, 4) is 17.2 Å². The summed E-state index contributed by atoms with van der Waals surface area (Å²) in [7, 11) is 0. The van der Waals surface area contributed by atoms with Gasteiger partial charge in [-0.15, -0.1) is 5.10 Å². The fourth-order valence-electron chi connectivity index (χ4n) is 3.68. The molecular formula is C27H30BrN5O2S. The molecule has 7 nitrogen and oxygen atoms in total. The van der Waals surface area contributed by atoms with E-state index in [2.05, 4.69) is 74.0 Å². The van der Waals surface area contributed by atoms with Crippen molar-refractivity contribution in [1.29, 1.82) is 0 Å². The summed E-state index contributed by atoms with van der Waals surface area (Å²) in [5.74, 6) is 2.40. The van der Waals surface area contributed by atoms with Gasteiger partial charge in [0.1, 0.15) is 6.61 Å². The minimum Gasteiger partial charge on any atom is -0.490 e. The number of ether oxygens (including phenoxy) is 2. The fraction of sp³-hybridized carbons (Fsp3) is 0.296. The standard InChI is InChI=1S/C27H30BrN5O2S/c1-3-34-25-17-22(16-24(28)26(25)35-19-21-10-7-9-20(2)15-21)18-29-13-8-14-36-27-30-31-32-33(27)23-11-5-4-6-12-23/h4-7,9-12,15-17,29H,3,8,13-14,18-19H2,1-2H3. The van der Waals surface area contributed by atoms with Gasteiger partial charge < -0.3 is 14.8 Å². The molecule has 36 heavy (non-hydrogen) atoms. The highest BCUT2D eigenvalue weighted by atomic mass is 79.9. The molecule has 0 saturated carbocycles. The van der Waals surface area contributed by atoms with Crippen LogP contribution in [0.2, 0.25) is 0 Å². The first-order chi connectivity index (χ1) is 17.6. The molecule has 0 amide bonds. The molecule has 0 aliphatic rings. The summed E-state index contributed by atoms with van der Waals surface area (Å²) in [6, 6.07) is 22.4. The number of aryl methyl sites for hydroxylation is 1. The van der Waals surface area contributed by atoms with Crippen molar-refractivity contribution in [3.05, 3.63) is 87.9 Å². The van der Waals surface area contributed by atoms with E-state index in [1.54, 1.807) is 16.4 Å². The van der Waals surface area contributed by atoms with Crippen LogP contribution in [0.3, 0.4) is 0 Å². The Balaban J connectivity index is 1.26. The van der Waals surface area contributed by atoms with Gasteiger partial charge in [0, 0.05) is 12.3 Å². The summed E-state index contributed by atoms with van der Waals surface area (Å²) >= 11 is 5.34. The molecule has 4 aromatic rings. The van der Waals surface area contributed by atoms with Gasteiger partial charge in [-0.05, 0) is 88.6 Å². The zero-order chi connectivity index (χ0) is 25.2. The maximum absolute atomic E-state index is 6.14. The third kappa shape index (κ3) is 7.32. The number of tetrazole rings is 1. The number of benzene rings is 3. The maximum Gasteiger partial charge on any atom is 0.214 e. The molecule has 0 bridgehead atoms. The van der Waals surface area contributed by atoms with E-state index in [0.29, 0.717) is 13.2 Å². The van der Waals surface area contributed by atoms with Gasteiger partial charge in [0.15, 0.2) is 11.5 Å². The van der Waals surface area contributed by atoms with Crippen molar-refractivity contribution in [2.45, 2.75) is 38.6 Å². The largest absolute Gasteiger partial charge is 0.490 e. The van der Waals surface area contributed by atoms with Crippen LogP contribution >= 0.6 is 27.7 Å². The zero-order valence-electron chi connectivity index (χ0n) is 20.5. The first-order valence-corrected chi connectivity index (χ1v) is 13.7. The molecule has 1 N–H and O–H groups in total. The first-order valence-electron chi connectivity index (χ1n) is 11.9. The molecule has 1 aromatic heterocycles. The number of para-hydroxylation sites is 1. The number of aromatic nitrogens is 4. The lowest BCUT2D eigenvalue weighted by atomic mass is 10.1. The third-order valence-electron chi connectivity index (χ3n) is 5.33. The average molecular weight is 569 g/mol. The van der Waals surface area contributed by atoms with Gasteiger partial charge in [-0.2, -0.15) is 4.68 Å². The SMILES string of the molecule is CCOc1cc(CNCCCSc2nnnn2-c2ccccc2)cc(Br)c1OCc1cccc(C)c1. The van der Waals surface area contributed by atoms with Gasteiger partial charge in [-0.3, -0.25) is 0 Å². The minimum atomic E-state index is 0.489. The first kappa shape index (κ1) is 26.2. The van der Waals surface area contributed by atoms with Crippen molar-refractivity contribution < 1.29 is 9.47 Å². The zero-order valence-corrected chi connectivity index (χ0v) is 22.9. The molecule has 0 atom stereocenters. The lowest BCUT2D eigenvalue weighted by Gasteiger charge is -2.16. The number of thioether (sulfide) groups is 1. The van der Waals surface area contributed by atoms with E-state index in [-0.39, 0.29) is 0 Å². The van der Waals surface area contributed by atoms with Gasteiger partial charge in [0.2, 0.25) is 5.16 Å². The molecular weight excluding hydrogens is 538 g/mol. The van der Waals surface area contributed by atoms with Crippen LogP contribution in [0.4, 0.5) is 0 Å². The van der Waals surface area contributed by atoms with Crippen molar-refractivity contribution in [3.63, 3.8) is 0 Å². The molecule has 188 valence electrons. The molecule has 0 unspecified atom stereocenters. The molecule has 0 fully saturated rings. The van der Waals surface area contributed by atoms with Gasteiger partial charge in [-0.1, -0.05) is 59.8 Å². The normalized spacial score (nSPS) is 11.0. The van der Waals surface area contributed by atoms with Crippen LogP contribution in [0.25, 0.3) is 5.69 Å². The number of nitrogens with one attached hydrogen (secondary N) is 1. The second-order valence-corrected chi connectivity index (χ2v) is 10.1. The Morgan fingerprint density at radius 3 is 2.67 bits per heavy atom. The van der Waals surface area contributed by atoms with E-state index < -0.39 is 0 Å². The summed E-state index contributed by atoms with van der Waals surface area (Å²) in [5, 5.41) is 16.4. The Kier molecular flexibility index (Phi) is 9.77. The Morgan fingerprint density at radius 1 is 1.00 bits per heavy atom. The Labute approximate surface area is 224 Å². The van der Waals surface area contributed by atoms with E-state index in [0.717, 1.165) is 63.2 Å². The summed E-state index contributed by atoms with van der Waals surface area (Å²) in [6.07, 6.45) is 0.990. The fourth-order valence-corrected chi connectivity index (χ4v) is 5.11. The van der Waals surface area contributed by atoms with E-state index in [9.17, 15) is 0 Å². The van der Waals surface area contributed by atoms with E-state index >= 15 is 0 Å². The quantitative estimate of drug-likeness (QED) is 0.157. The van der Waals surface area contributed by atoms with E-state index in [1.165, 1.54) is 5.56 Å². The molecule has 3 aromatic carbocycles. The molecule has 1 heterocycles. The Morgan fingerprint density at radius 2 is 1.86 bits per heavy atom. The molecule has 0 spiro atoms. The maximum atomic E-state index is 6.14. The summed E-state index contributed by atoms with van der Waals surface area (Å²) in [4.78, 5) is 0. The number of halogens is 1. The predicted molar refractivity (Wildman–Crippen MR) is 147 cm³/mol. The van der Waals surface area contributed by atoms with Crippen LogP contribution < -0.4 is 14.8 Å². The van der Waals surface area contributed by atoms with Crippen LogP contribution in [0.15, 0.2) is 76.4 Å². The van der Waals surface area contributed by atoms with Crippen molar-refractivity contribution in [1.82, 2.24) is 25.5 Å². The second-order valence-electron chi connectivity index (χ2n) is 8.20. The van der Waals surface area contributed by atoms with Crippen molar-refractivity contribution in [2.75, 3.05) is 18.9 Å². The van der Waals surface area contributed by atoms with Crippen LogP contribution in [0, 0.1) is 6.92 Å². The van der Waals surface area contributed by atoms with Crippen molar-refractivity contribution >= 4 is 27.7 Å². The highest BCUT2D eigenvalue weighted by molar-refractivity contribution is 9.10. The highest BCUT2D eigenvalue weighted by Gasteiger charge is 2.13. The number of nitrogens with zero attached hydrogens (tertiary/aromatic N) is 4. The van der Waals surface area contributed by atoms with Crippen LogP contribution in [0.1, 0.15) is 30.0 Å². The number of hydrogen-bond acceptors (Lipinski definition) is 7. The van der Waals surface area contributed by atoms with Gasteiger partial charge in [-0.25, -0.2) is 0 Å². The predicted octanol–water partition coefficient (Wildman–Crippen LogP) is 5.98. The monoisotopic (exact) mass is 567 g/mol. The molecule has 4 rings (SSSR count). The smallest absolute Gasteiger partial charge is 0.214 e. The van der Waals surface area contributed by atoms with E-state index in [4.69, 9.17) is 9.47 Å². The van der Waals surface area contributed by atoms with Crippen LogP contribution in [-0.2, 0) is 13.2 Å². The van der Waals surface area contributed by atoms with Gasteiger partial charge >= 0.3 is 0 Å². The number of hydrogen-bond donors (Lipinski definition) is 1. The summed E-state index contributed by atoms with van der Waals surface area (Å²) < 4.78 is 14.7. The van der Waals surface area contributed by atoms with Crippen LogP contribution in [-0.4, -0.2) is 39.1 Å². The lowest BCUT2D eigenvalue weighted by molar-refractivity contribution is 0.267. The summed E-state index contributed by atoms with van der Waals surface area (Å²) in [5.41, 5.74) is 4.44. The second kappa shape index (κ2) is 13.4. The Hall–Kier alpha value is -2.88. The molecule has 0 radical (unpaired) electrons. The molecule has 0 saturated heterocycles. The highest BCUT2D eigenvalue weighted by Crippen LogP contribution is 2.37.